The zero-order valence-electron chi connectivity index (χ0n) is 15.6. The van der Waals surface area contributed by atoms with Gasteiger partial charge in [0.2, 0.25) is 0 Å². The first-order chi connectivity index (χ1) is 13.7. The van der Waals surface area contributed by atoms with Gasteiger partial charge in [-0.15, -0.1) is 0 Å². The first-order valence-electron chi connectivity index (χ1n) is 9.17. The highest BCUT2D eigenvalue weighted by Gasteiger charge is 2.13. The number of phenols is 1. The predicted molar refractivity (Wildman–Crippen MR) is 112 cm³/mol. The number of aromatic hydroxyl groups is 1. The lowest BCUT2D eigenvalue weighted by Crippen LogP contribution is -2.00. The summed E-state index contributed by atoms with van der Waals surface area (Å²) < 4.78 is 1.87. The topological polar surface area (TPSA) is 38.0 Å². The van der Waals surface area contributed by atoms with Crippen molar-refractivity contribution in [3.8, 4) is 28.8 Å². The fourth-order valence-corrected chi connectivity index (χ4v) is 3.01. The van der Waals surface area contributed by atoms with Crippen molar-refractivity contribution >= 4 is 0 Å². The first-order valence-corrected chi connectivity index (χ1v) is 9.17. The van der Waals surface area contributed by atoms with Crippen molar-refractivity contribution in [2.24, 2.45) is 0 Å². The van der Waals surface area contributed by atoms with Gasteiger partial charge >= 0.3 is 0 Å². The predicted octanol–water partition coefficient (Wildman–Crippen LogP) is 5.01. The number of rotatable bonds is 3. The summed E-state index contributed by atoms with van der Waals surface area (Å²) in [5.41, 5.74) is 5.47. The number of hydrogen-bond acceptors (Lipinski definition) is 2. The van der Waals surface area contributed by atoms with Crippen LogP contribution in [0.5, 0.6) is 5.75 Å². The van der Waals surface area contributed by atoms with Crippen LogP contribution in [0.4, 0.5) is 0 Å². The molecule has 0 unspecified atom stereocenters. The summed E-state index contributed by atoms with van der Waals surface area (Å²) in [5, 5.41) is 15.0. The molecule has 0 fully saturated rings. The van der Waals surface area contributed by atoms with Crippen LogP contribution in [0.2, 0.25) is 0 Å². The zero-order chi connectivity index (χ0) is 19.3. The molecule has 4 rings (SSSR count). The fourth-order valence-electron chi connectivity index (χ4n) is 3.01. The maximum Gasteiger partial charge on any atom is 0.125 e. The van der Waals surface area contributed by atoms with Crippen LogP contribution in [0.1, 0.15) is 22.3 Å². The monoisotopic (exact) mass is 364 g/mol. The van der Waals surface area contributed by atoms with Gasteiger partial charge in [0.05, 0.1) is 12.1 Å². The van der Waals surface area contributed by atoms with E-state index in [1.807, 2.05) is 65.5 Å². The number of hydrogen-bond donors (Lipinski definition) is 1. The van der Waals surface area contributed by atoms with Crippen LogP contribution in [0.3, 0.4) is 0 Å². The summed E-state index contributed by atoms with van der Waals surface area (Å²) >= 11 is 0. The molecule has 136 valence electrons. The molecule has 0 atom stereocenters. The smallest absolute Gasteiger partial charge is 0.125 e. The van der Waals surface area contributed by atoms with Crippen LogP contribution >= 0.6 is 0 Å². The Morgan fingerprint density at radius 3 is 2.32 bits per heavy atom. The molecule has 0 amide bonds. The standard InChI is InChI=1S/C25H20N2O/c1-19-11-13-20(14-12-19)15-16-22-18-27(17-21-7-3-2-4-8-21)26-25(22)23-9-5-6-10-24(23)28/h2-14,18,28H,17H2,1H3. The van der Waals surface area contributed by atoms with Gasteiger partial charge in [-0.3, -0.25) is 4.68 Å². The largest absolute Gasteiger partial charge is 0.507 e. The van der Waals surface area contributed by atoms with Gasteiger partial charge in [0, 0.05) is 17.3 Å². The van der Waals surface area contributed by atoms with E-state index in [0.717, 1.165) is 16.7 Å². The van der Waals surface area contributed by atoms with Crippen molar-refractivity contribution in [1.82, 2.24) is 9.78 Å². The average Bonchev–Trinajstić information content (AvgIpc) is 3.11. The van der Waals surface area contributed by atoms with Crippen LogP contribution < -0.4 is 0 Å². The lowest BCUT2D eigenvalue weighted by Gasteiger charge is -2.02. The minimum Gasteiger partial charge on any atom is -0.507 e. The molecule has 0 aliphatic rings. The second kappa shape index (κ2) is 7.85. The van der Waals surface area contributed by atoms with Crippen molar-refractivity contribution in [3.05, 3.63) is 107 Å². The van der Waals surface area contributed by atoms with Crippen LogP contribution in [0, 0.1) is 18.8 Å². The third-order valence-corrected chi connectivity index (χ3v) is 4.50. The van der Waals surface area contributed by atoms with E-state index in [9.17, 15) is 5.11 Å². The van der Waals surface area contributed by atoms with E-state index >= 15 is 0 Å². The molecule has 28 heavy (non-hydrogen) atoms. The summed E-state index contributed by atoms with van der Waals surface area (Å²) in [4.78, 5) is 0. The van der Waals surface area contributed by atoms with Gasteiger partial charge in [-0.25, -0.2) is 0 Å². The normalized spacial score (nSPS) is 10.3. The van der Waals surface area contributed by atoms with Crippen LogP contribution in [-0.2, 0) is 6.54 Å². The summed E-state index contributed by atoms with van der Waals surface area (Å²) in [6.45, 7) is 2.70. The van der Waals surface area contributed by atoms with Gasteiger partial charge in [-0.05, 0) is 36.8 Å². The molecule has 0 radical (unpaired) electrons. The Kier molecular flexibility index (Phi) is 4.95. The van der Waals surface area contributed by atoms with Crippen molar-refractivity contribution in [2.45, 2.75) is 13.5 Å². The Labute approximate surface area is 164 Å². The Morgan fingerprint density at radius 1 is 0.857 bits per heavy atom. The highest BCUT2D eigenvalue weighted by atomic mass is 16.3. The van der Waals surface area contributed by atoms with Gasteiger partial charge in [0.15, 0.2) is 0 Å². The molecule has 0 aliphatic heterocycles. The summed E-state index contributed by atoms with van der Waals surface area (Å²) in [6, 6.07) is 25.5. The summed E-state index contributed by atoms with van der Waals surface area (Å²) in [7, 11) is 0. The minimum atomic E-state index is 0.200. The first kappa shape index (κ1) is 17.6. The molecular formula is C25H20N2O. The molecule has 1 aromatic heterocycles. The van der Waals surface area contributed by atoms with Crippen molar-refractivity contribution in [2.75, 3.05) is 0 Å². The Morgan fingerprint density at radius 2 is 1.57 bits per heavy atom. The number of nitrogens with zero attached hydrogens (tertiary/aromatic N) is 2. The zero-order valence-corrected chi connectivity index (χ0v) is 15.6. The fraction of sp³-hybridized carbons (Fsp3) is 0.0800. The third kappa shape index (κ3) is 3.97. The van der Waals surface area contributed by atoms with Crippen LogP contribution in [-0.4, -0.2) is 14.9 Å². The molecule has 3 heteroatoms. The molecule has 0 bridgehead atoms. The van der Waals surface area contributed by atoms with E-state index in [2.05, 4.69) is 30.9 Å². The molecule has 0 spiro atoms. The van der Waals surface area contributed by atoms with Gasteiger partial charge in [-0.2, -0.15) is 5.10 Å². The van der Waals surface area contributed by atoms with Crippen molar-refractivity contribution < 1.29 is 5.11 Å². The summed E-state index contributed by atoms with van der Waals surface area (Å²) in [5.74, 6) is 6.65. The molecule has 0 saturated carbocycles. The minimum absolute atomic E-state index is 0.200. The van der Waals surface area contributed by atoms with E-state index in [1.54, 1.807) is 12.1 Å². The van der Waals surface area contributed by atoms with E-state index in [1.165, 1.54) is 5.56 Å². The van der Waals surface area contributed by atoms with Crippen LogP contribution in [0.15, 0.2) is 85.1 Å². The highest BCUT2D eigenvalue weighted by Crippen LogP contribution is 2.30. The molecule has 3 nitrogen and oxygen atoms in total. The second-order valence-electron chi connectivity index (χ2n) is 6.71. The van der Waals surface area contributed by atoms with Gasteiger partial charge in [-0.1, -0.05) is 72.0 Å². The van der Waals surface area contributed by atoms with E-state index < -0.39 is 0 Å². The number of benzene rings is 3. The lowest BCUT2D eigenvalue weighted by molar-refractivity contribution is 0.477. The molecule has 3 aromatic carbocycles. The van der Waals surface area contributed by atoms with Crippen molar-refractivity contribution in [3.63, 3.8) is 0 Å². The highest BCUT2D eigenvalue weighted by molar-refractivity contribution is 5.72. The quantitative estimate of drug-likeness (QED) is 0.519. The van der Waals surface area contributed by atoms with Crippen molar-refractivity contribution in [1.29, 1.82) is 0 Å². The van der Waals surface area contributed by atoms with Gasteiger partial charge < -0.3 is 5.11 Å². The molecule has 1 N–H and O–H groups in total. The molecule has 4 aromatic rings. The molecule has 1 heterocycles. The molecule has 0 saturated heterocycles. The van der Waals surface area contributed by atoms with Crippen LogP contribution in [0.25, 0.3) is 11.3 Å². The van der Waals surface area contributed by atoms with E-state index in [0.29, 0.717) is 17.8 Å². The maximum atomic E-state index is 10.3. The lowest BCUT2D eigenvalue weighted by atomic mass is 10.1. The second-order valence-corrected chi connectivity index (χ2v) is 6.71. The number of aryl methyl sites for hydroxylation is 1. The Bertz CT molecular complexity index is 1150. The third-order valence-electron chi connectivity index (χ3n) is 4.50. The SMILES string of the molecule is Cc1ccc(C#Cc2cn(Cc3ccccc3)nc2-c2ccccc2O)cc1. The Balaban J connectivity index is 1.75. The average molecular weight is 364 g/mol. The van der Waals surface area contributed by atoms with Gasteiger partial charge in [0.1, 0.15) is 11.4 Å². The maximum absolute atomic E-state index is 10.3. The summed E-state index contributed by atoms with van der Waals surface area (Å²) in [6.07, 6.45) is 1.94. The van der Waals surface area contributed by atoms with E-state index in [4.69, 9.17) is 5.10 Å². The van der Waals surface area contributed by atoms with Gasteiger partial charge in [0.25, 0.3) is 0 Å². The van der Waals surface area contributed by atoms with E-state index in [-0.39, 0.29) is 5.75 Å². The number of aromatic nitrogens is 2. The number of para-hydroxylation sites is 1. The Hall–Kier alpha value is -3.77. The molecule has 0 aliphatic carbocycles. The number of phenolic OH excluding ortho intramolecular Hbond substituents is 1. The molecular weight excluding hydrogens is 344 g/mol.